The van der Waals surface area contributed by atoms with Gasteiger partial charge in [0.2, 0.25) is 5.95 Å². The number of hydrogen-bond acceptors (Lipinski definition) is 7. The van der Waals surface area contributed by atoms with Crippen molar-refractivity contribution in [3.05, 3.63) is 105 Å². The van der Waals surface area contributed by atoms with E-state index < -0.39 is 4.92 Å². The van der Waals surface area contributed by atoms with E-state index in [0.29, 0.717) is 47.9 Å². The highest BCUT2D eigenvalue weighted by molar-refractivity contribution is 6.35. The summed E-state index contributed by atoms with van der Waals surface area (Å²) in [6.07, 6.45) is 3.65. The van der Waals surface area contributed by atoms with Gasteiger partial charge in [-0.1, -0.05) is 59.6 Å². The van der Waals surface area contributed by atoms with Gasteiger partial charge in [-0.3, -0.25) is 10.1 Å². The van der Waals surface area contributed by atoms with Gasteiger partial charge in [0.1, 0.15) is 12.0 Å². The van der Waals surface area contributed by atoms with E-state index >= 15 is 0 Å². The van der Waals surface area contributed by atoms with Crippen molar-refractivity contribution < 1.29 is 4.92 Å². The zero-order valence-corrected chi connectivity index (χ0v) is 20.2. The first-order valence-electron chi connectivity index (χ1n) is 10.9. The van der Waals surface area contributed by atoms with Crippen LogP contribution in [0, 0.1) is 10.1 Å². The molecule has 0 aliphatic heterocycles. The Morgan fingerprint density at radius 1 is 0.971 bits per heavy atom. The maximum atomic E-state index is 10.8. The van der Waals surface area contributed by atoms with Crippen LogP contribution in [-0.2, 0) is 6.42 Å². The van der Waals surface area contributed by atoms with Gasteiger partial charge in [0.15, 0.2) is 0 Å². The lowest BCUT2D eigenvalue weighted by Crippen LogP contribution is -2.32. The molecule has 2 aromatic heterocycles. The average Bonchev–Trinajstić information content (AvgIpc) is 2.88. The molecule has 0 amide bonds. The molecule has 0 atom stereocenters. The Bertz CT molecular complexity index is 1290. The van der Waals surface area contributed by atoms with Crippen LogP contribution in [0.3, 0.4) is 0 Å². The molecule has 0 aliphatic carbocycles. The predicted octanol–water partition coefficient (Wildman–Crippen LogP) is 5.91. The third-order valence-corrected chi connectivity index (χ3v) is 5.89. The lowest BCUT2D eigenvalue weighted by Gasteiger charge is -2.23. The number of benzene rings is 2. The summed E-state index contributed by atoms with van der Waals surface area (Å²) in [5.41, 5.74) is 2.76. The summed E-state index contributed by atoms with van der Waals surface area (Å²) in [7, 11) is 0. The first-order chi connectivity index (χ1) is 17.0. The largest absolute Gasteiger partial charge is 0.368 e. The van der Waals surface area contributed by atoms with Crippen molar-refractivity contribution in [2.45, 2.75) is 6.42 Å². The van der Waals surface area contributed by atoms with Crippen molar-refractivity contribution in [1.82, 2.24) is 15.0 Å². The zero-order valence-electron chi connectivity index (χ0n) is 18.6. The van der Waals surface area contributed by atoms with Crippen LogP contribution >= 0.6 is 23.2 Å². The molecule has 178 valence electrons. The molecule has 10 heteroatoms. The number of nitrogens with one attached hydrogen (secondary N) is 1. The summed E-state index contributed by atoms with van der Waals surface area (Å²) in [6, 6.07) is 20.3. The maximum Gasteiger partial charge on any atom is 0.287 e. The molecule has 35 heavy (non-hydrogen) atoms. The second-order valence-electron chi connectivity index (χ2n) is 7.67. The number of halogens is 2. The monoisotopic (exact) mass is 508 g/mol. The van der Waals surface area contributed by atoms with Crippen LogP contribution in [0.5, 0.6) is 0 Å². The average molecular weight is 509 g/mol. The predicted molar refractivity (Wildman–Crippen MR) is 139 cm³/mol. The van der Waals surface area contributed by atoms with E-state index in [2.05, 4.69) is 20.2 Å². The highest BCUT2D eigenvalue weighted by Gasteiger charge is 2.13. The van der Waals surface area contributed by atoms with Crippen molar-refractivity contribution in [2.75, 3.05) is 29.9 Å². The number of nitro groups is 1. The minimum absolute atomic E-state index is 0.0526. The molecule has 0 fully saturated rings. The van der Waals surface area contributed by atoms with Crippen molar-refractivity contribution >= 4 is 40.7 Å². The summed E-state index contributed by atoms with van der Waals surface area (Å²) in [6.45, 7) is 1.72. The zero-order chi connectivity index (χ0) is 24.6. The lowest BCUT2D eigenvalue weighted by atomic mass is 10.1. The molecule has 1 N–H and O–H groups in total. The molecule has 2 heterocycles. The Kier molecular flexibility index (Phi) is 8.07. The lowest BCUT2D eigenvalue weighted by molar-refractivity contribution is -0.385. The molecule has 4 aromatic rings. The Labute approximate surface area is 212 Å². The molecule has 0 spiro atoms. The molecular formula is C25H22Cl2N6O2. The minimum Gasteiger partial charge on any atom is -0.368 e. The Hall–Kier alpha value is -3.75. The van der Waals surface area contributed by atoms with Crippen LogP contribution in [-0.4, -0.2) is 39.5 Å². The summed E-state index contributed by atoms with van der Waals surface area (Å²) in [5, 5.41) is 15.2. The van der Waals surface area contributed by atoms with Gasteiger partial charge in [0, 0.05) is 47.5 Å². The van der Waals surface area contributed by atoms with Crippen LogP contribution in [0.1, 0.15) is 5.56 Å². The summed E-state index contributed by atoms with van der Waals surface area (Å²) in [4.78, 5) is 25.8. The number of rotatable bonds is 10. The molecule has 0 radical (unpaired) electrons. The van der Waals surface area contributed by atoms with Gasteiger partial charge in [-0.25, -0.2) is 15.0 Å². The van der Waals surface area contributed by atoms with Crippen molar-refractivity contribution in [3.63, 3.8) is 0 Å². The smallest absolute Gasteiger partial charge is 0.287 e. The fourth-order valence-corrected chi connectivity index (χ4v) is 3.98. The quantitative estimate of drug-likeness (QED) is 0.210. The van der Waals surface area contributed by atoms with E-state index in [0.717, 1.165) is 16.8 Å². The Balaban J connectivity index is 1.50. The molecule has 0 aliphatic rings. The summed E-state index contributed by atoms with van der Waals surface area (Å²) in [5.74, 6) is 1.14. The minimum atomic E-state index is -0.475. The summed E-state index contributed by atoms with van der Waals surface area (Å²) < 4.78 is 0. The van der Waals surface area contributed by atoms with E-state index in [1.807, 2.05) is 48.5 Å². The third-order valence-electron chi connectivity index (χ3n) is 5.31. The van der Waals surface area contributed by atoms with E-state index in [1.54, 1.807) is 18.3 Å². The number of hydrogen-bond donors (Lipinski definition) is 1. The van der Waals surface area contributed by atoms with Gasteiger partial charge >= 0.3 is 0 Å². The second kappa shape index (κ2) is 11.6. The Morgan fingerprint density at radius 3 is 2.51 bits per heavy atom. The number of aromatic nitrogens is 3. The van der Waals surface area contributed by atoms with Crippen molar-refractivity contribution in [1.29, 1.82) is 0 Å². The molecule has 0 saturated carbocycles. The third kappa shape index (κ3) is 6.65. The highest BCUT2D eigenvalue weighted by Crippen LogP contribution is 2.23. The fraction of sp³-hybridized carbons (Fsp3) is 0.160. The number of anilines is 2. The SMILES string of the molecule is O=[N+]([O-])c1ccc(NCCN(CCc2ccc(Cl)cc2Cl)c2nccc(-c3ccccc3)n2)nc1. The Morgan fingerprint density at radius 2 is 1.80 bits per heavy atom. The molecule has 8 nitrogen and oxygen atoms in total. The van der Waals surface area contributed by atoms with Crippen LogP contribution in [0.25, 0.3) is 11.3 Å². The topological polar surface area (TPSA) is 97.1 Å². The van der Waals surface area contributed by atoms with Gasteiger partial charge in [-0.05, 0) is 36.2 Å². The molecule has 2 aromatic carbocycles. The van der Waals surface area contributed by atoms with Gasteiger partial charge in [0.05, 0.1) is 10.6 Å². The normalized spacial score (nSPS) is 10.7. The van der Waals surface area contributed by atoms with Gasteiger partial charge in [0.25, 0.3) is 5.69 Å². The fourth-order valence-electron chi connectivity index (χ4n) is 3.48. The van der Waals surface area contributed by atoms with E-state index in [1.165, 1.54) is 12.3 Å². The van der Waals surface area contributed by atoms with E-state index in [-0.39, 0.29) is 5.69 Å². The first kappa shape index (κ1) is 24.4. The van der Waals surface area contributed by atoms with Gasteiger partial charge in [-0.2, -0.15) is 0 Å². The number of pyridine rings is 1. The van der Waals surface area contributed by atoms with Crippen LogP contribution < -0.4 is 10.2 Å². The van der Waals surface area contributed by atoms with Gasteiger partial charge in [-0.15, -0.1) is 0 Å². The molecule has 0 bridgehead atoms. The van der Waals surface area contributed by atoms with E-state index in [9.17, 15) is 10.1 Å². The highest BCUT2D eigenvalue weighted by atomic mass is 35.5. The second-order valence-corrected chi connectivity index (χ2v) is 8.51. The standard InChI is InChI=1S/C25H22Cl2N6O2/c26-20-7-6-18(22(27)16-20)11-14-32(15-13-28-24-9-8-21(17-30-24)33(34)35)25-29-12-10-23(31-25)19-4-2-1-3-5-19/h1-10,12,16-17H,11,13-15H2,(H,28,30). The molecule has 0 unspecified atom stereocenters. The van der Waals surface area contributed by atoms with E-state index in [4.69, 9.17) is 28.2 Å². The van der Waals surface area contributed by atoms with Gasteiger partial charge < -0.3 is 10.2 Å². The maximum absolute atomic E-state index is 10.8. The van der Waals surface area contributed by atoms with Crippen LogP contribution in [0.4, 0.5) is 17.5 Å². The van der Waals surface area contributed by atoms with Crippen molar-refractivity contribution in [2.24, 2.45) is 0 Å². The first-order valence-corrected chi connectivity index (χ1v) is 11.7. The number of nitrogens with zero attached hydrogens (tertiary/aromatic N) is 5. The molecular weight excluding hydrogens is 487 g/mol. The molecule has 4 rings (SSSR count). The van der Waals surface area contributed by atoms with Crippen LogP contribution in [0.2, 0.25) is 10.0 Å². The summed E-state index contributed by atoms with van der Waals surface area (Å²) >= 11 is 12.4. The van der Waals surface area contributed by atoms with Crippen molar-refractivity contribution in [3.8, 4) is 11.3 Å². The molecule has 0 saturated heterocycles. The van der Waals surface area contributed by atoms with Crippen LogP contribution in [0.15, 0.2) is 79.1 Å².